The Balaban J connectivity index is 2.11. The Morgan fingerprint density at radius 2 is 1.75 bits per heavy atom. The van der Waals surface area contributed by atoms with Crippen molar-refractivity contribution >= 4 is 33.2 Å². The molecule has 0 saturated carbocycles. The topological polar surface area (TPSA) is 114 Å². The summed E-state index contributed by atoms with van der Waals surface area (Å²) in [5, 5.41) is 2.19. The molecule has 36 heavy (non-hydrogen) atoms. The maximum Gasteiger partial charge on any atom is 0.301 e. The zero-order valence-electron chi connectivity index (χ0n) is 18.7. The highest BCUT2D eigenvalue weighted by Crippen LogP contribution is 2.39. The third kappa shape index (κ3) is 5.35. The van der Waals surface area contributed by atoms with Crippen molar-refractivity contribution in [1.82, 2.24) is 4.31 Å². The predicted octanol–water partition coefficient (Wildman–Crippen LogP) is 4.08. The lowest BCUT2D eigenvalue weighted by Crippen LogP contribution is -2.28. The van der Waals surface area contributed by atoms with Gasteiger partial charge in [0.2, 0.25) is 11.6 Å². The summed E-state index contributed by atoms with van der Waals surface area (Å²) in [6.07, 6.45) is 5.19. The van der Waals surface area contributed by atoms with E-state index in [0.717, 1.165) is 22.5 Å². The van der Waals surface area contributed by atoms with E-state index in [1.165, 1.54) is 38.4 Å². The second-order valence-corrected chi connectivity index (χ2v) is 9.25. The highest BCUT2D eigenvalue weighted by Gasteiger charge is 2.30. The third-order valence-electron chi connectivity index (χ3n) is 4.70. The minimum Gasteiger partial charge on any atom is -0.453 e. The monoisotopic (exact) mass is 522 g/mol. The van der Waals surface area contributed by atoms with Crippen LogP contribution in [0.25, 0.3) is 0 Å². The number of ether oxygens (including phenoxy) is 1. The summed E-state index contributed by atoms with van der Waals surface area (Å²) >= 11 is 0. The summed E-state index contributed by atoms with van der Waals surface area (Å²) in [6.45, 7) is 0. The molecule has 0 radical (unpaired) electrons. The van der Waals surface area contributed by atoms with E-state index in [9.17, 15) is 30.8 Å². The highest BCUT2D eigenvalue weighted by atomic mass is 32.2. The van der Waals surface area contributed by atoms with Crippen LogP contribution in [0.2, 0.25) is 0 Å². The smallest absolute Gasteiger partial charge is 0.301 e. The number of halogens is 4. The lowest BCUT2D eigenvalue weighted by molar-refractivity contribution is 0.0997. The second kappa shape index (κ2) is 10.1. The fourth-order valence-electron chi connectivity index (χ4n) is 2.91. The fraction of sp³-hybridized carbons (Fsp3) is 0.0870. The second-order valence-electron chi connectivity index (χ2n) is 7.37. The van der Waals surface area contributed by atoms with Crippen molar-refractivity contribution in [2.24, 2.45) is 5.73 Å². The van der Waals surface area contributed by atoms with E-state index in [1.807, 2.05) is 0 Å². The largest absolute Gasteiger partial charge is 0.453 e. The van der Waals surface area contributed by atoms with Crippen molar-refractivity contribution in [3.63, 3.8) is 0 Å². The number of benzene rings is 3. The molecule has 0 aliphatic carbocycles. The van der Waals surface area contributed by atoms with Gasteiger partial charge in [-0.25, -0.2) is 13.2 Å². The van der Waals surface area contributed by atoms with Gasteiger partial charge in [-0.3, -0.25) is 9.52 Å². The first-order valence-corrected chi connectivity index (χ1v) is 11.3. The molecular weight excluding hydrogens is 504 g/mol. The molecule has 0 aliphatic rings. The number of hydrogen-bond acceptors (Lipinski definition) is 5. The van der Waals surface area contributed by atoms with Crippen LogP contribution < -0.4 is 20.5 Å². The Morgan fingerprint density at radius 3 is 2.33 bits per heavy atom. The van der Waals surface area contributed by atoms with E-state index in [1.54, 1.807) is 0 Å². The van der Waals surface area contributed by atoms with Crippen LogP contribution in [0.4, 0.5) is 34.6 Å². The van der Waals surface area contributed by atoms with Crippen LogP contribution in [0.3, 0.4) is 0 Å². The first-order valence-electron chi connectivity index (χ1n) is 9.87. The highest BCUT2D eigenvalue weighted by molar-refractivity contribution is 7.90. The van der Waals surface area contributed by atoms with Crippen LogP contribution in [0.15, 0.2) is 42.5 Å². The molecule has 4 N–H and O–H groups in total. The summed E-state index contributed by atoms with van der Waals surface area (Å²) in [4.78, 5) is 12.2. The number of hydrogen-bond donors (Lipinski definition) is 3. The van der Waals surface area contributed by atoms with Crippen LogP contribution in [-0.2, 0) is 10.2 Å². The van der Waals surface area contributed by atoms with Crippen LogP contribution in [0.5, 0.6) is 11.5 Å². The average Bonchev–Trinajstić information content (AvgIpc) is 2.81. The Kier molecular flexibility index (Phi) is 7.42. The summed E-state index contributed by atoms with van der Waals surface area (Å²) < 4.78 is 90.8. The Morgan fingerprint density at radius 1 is 1.06 bits per heavy atom. The zero-order chi connectivity index (χ0) is 26.8. The number of amides is 1. The molecule has 0 aromatic heterocycles. The van der Waals surface area contributed by atoms with Gasteiger partial charge in [-0.1, -0.05) is 12.0 Å². The lowest BCUT2D eigenvalue weighted by atomic mass is 10.1. The summed E-state index contributed by atoms with van der Waals surface area (Å²) in [7, 11) is -1.37. The SMILES string of the molecule is C#Cc1ccc(Nc2c(F)c(F)c(F)c(Oc3cccc(NS(=O)(=O)N(C)C)c3)c2C(N)=O)c(F)c1. The van der Waals surface area contributed by atoms with Crippen molar-refractivity contribution in [2.45, 2.75) is 0 Å². The number of nitrogens with zero attached hydrogens (tertiary/aromatic N) is 1. The molecular formula is C23H18F4N4O4S. The van der Waals surface area contributed by atoms with Gasteiger partial charge in [0.05, 0.1) is 17.1 Å². The van der Waals surface area contributed by atoms with Crippen LogP contribution >= 0.6 is 0 Å². The van der Waals surface area contributed by atoms with E-state index in [-0.39, 0.29) is 17.0 Å². The molecule has 0 atom stereocenters. The Labute approximate surface area is 203 Å². The van der Waals surface area contributed by atoms with Crippen molar-refractivity contribution < 1.29 is 35.5 Å². The van der Waals surface area contributed by atoms with E-state index in [0.29, 0.717) is 0 Å². The summed E-state index contributed by atoms with van der Waals surface area (Å²) in [6, 6.07) is 8.26. The van der Waals surface area contributed by atoms with Crippen molar-refractivity contribution in [2.75, 3.05) is 24.1 Å². The minimum absolute atomic E-state index is 0.0289. The first kappa shape index (κ1) is 26.3. The van der Waals surface area contributed by atoms with Crippen molar-refractivity contribution in [3.05, 3.63) is 76.9 Å². The number of carbonyl (C=O) groups is 1. The minimum atomic E-state index is -3.92. The normalized spacial score (nSPS) is 11.2. The van der Waals surface area contributed by atoms with Crippen LogP contribution in [0, 0.1) is 35.6 Å². The lowest BCUT2D eigenvalue weighted by Gasteiger charge is -2.18. The predicted molar refractivity (Wildman–Crippen MR) is 125 cm³/mol. The van der Waals surface area contributed by atoms with E-state index in [4.69, 9.17) is 16.9 Å². The van der Waals surface area contributed by atoms with Crippen molar-refractivity contribution in [1.29, 1.82) is 0 Å². The standard InChI is InChI=1S/C23H18F4N4O4S/c1-4-12-8-9-16(15(24)10-12)29-21-17(23(28)32)22(20(27)18(25)19(21)26)35-14-7-5-6-13(11-14)30-36(33,34)31(2)3/h1,5-11,29-30H,2-3H3,(H2,28,32). The van der Waals surface area contributed by atoms with Gasteiger partial charge in [0.15, 0.2) is 11.6 Å². The van der Waals surface area contributed by atoms with E-state index in [2.05, 4.69) is 16.0 Å². The number of nitrogens with one attached hydrogen (secondary N) is 2. The van der Waals surface area contributed by atoms with Gasteiger partial charge in [-0.15, -0.1) is 6.42 Å². The molecule has 188 valence electrons. The molecule has 3 aromatic carbocycles. The molecule has 8 nitrogen and oxygen atoms in total. The number of anilines is 3. The molecule has 3 rings (SSSR count). The number of primary amides is 1. The van der Waals surface area contributed by atoms with Gasteiger partial charge < -0.3 is 15.8 Å². The van der Waals surface area contributed by atoms with E-state index >= 15 is 0 Å². The Hall–Kier alpha value is -4.28. The van der Waals surface area contributed by atoms with Crippen molar-refractivity contribution in [3.8, 4) is 23.8 Å². The van der Waals surface area contributed by atoms with Crippen LogP contribution in [0.1, 0.15) is 15.9 Å². The van der Waals surface area contributed by atoms with Gasteiger partial charge in [0.25, 0.3) is 5.91 Å². The number of carbonyl (C=O) groups excluding carboxylic acids is 1. The molecule has 13 heteroatoms. The third-order valence-corrected chi connectivity index (χ3v) is 6.16. The number of terminal acetylenes is 1. The molecule has 0 saturated heterocycles. The zero-order valence-corrected chi connectivity index (χ0v) is 19.5. The van der Waals surface area contributed by atoms with Crippen LogP contribution in [-0.4, -0.2) is 32.7 Å². The summed E-state index contributed by atoms with van der Waals surface area (Å²) in [5.41, 5.74) is 3.04. The van der Waals surface area contributed by atoms with Gasteiger partial charge in [0.1, 0.15) is 17.1 Å². The molecule has 0 unspecified atom stereocenters. The number of rotatable bonds is 8. The molecule has 0 fully saturated rings. The average molecular weight is 522 g/mol. The Bertz CT molecular complexity index is 1500. The molecule has 3 aromatic rings. The van der Waals surface area contributed by atoms with E-state index < -0.39 is 62.1 Å². The van der Waals surface area contributed by atoms with Gasteiger partial charge in [-0.2, -0.15) is 17.1 Å². The van der Waals surface area contributed by atoms with Gasteiger partial charge in [0, 0.05) is 25.7 Å². The fourth-order valence-corrected chi connectivity index (χ4v) is 3.52. The van der Waals surface area contributed by atoms with Gasteiger partial charge in [-0.05, 0) is 30.3 Å². The molecule has 0 bridgehead atoms. The number of nitrogens with two attached hydrogens (primary N) is 1. The molecule has 1 amide bonds. The first-order chi connectivity index (χ1) is 16.9. The maximum atomic E-state index is 14.8. The molecule has 0 spiro atoms. The molecule has 0 heterocycles. The molecule has 0 aliphatic heterocycles. The summed E-state index contributed by atoms with van der Waals surface area (Å²) in [5.74, 6) is -7.40. The maximum absolute atomic E-state index is 14.8. The quantitative estimate of drug-likeness (QED) is 0.234. The van der Waals surface area contributed by atoms with Gasteiger partial charge >= 0.3 is 10.2 Å².